The second-order valence-electron chi connectivity index (χ2n) is 11.1. The van der Waals surface area contributed by atoms with Crippen molar-refractivity contribution in [1.29, 1.82) is 0 Å². The normalized spacial score (nSPS) is 40.9. The van der Waals surface area contributed by atoms with Crippen LogP contribution in [0, 0.1) is 34.5 Å². The van der Waals surface area contributed by atoms with Crippen LogP contribution in [0.1, 0.15) is 77.7 Å². The quantitative estimate of drug-likeness (QED) is 0.486. The Balaban J connectivity index is 1.41. The zero-order chi connectivity index (χ0) is 20.2. The standard InChI is InChI=1S/C28H37N/c1-19(2)16-20-11-13-27(3)22(17-20)7-8-23-25-10-9-24(21-6-5-15-29-18-21)28(25,4)14-12-26(23)27/h5-7,9,15,18,20,23,25-26H,1,8,10-14,16-17H2,2-4H3. The molecule has 4 aliphatic carbocycles. The summed E-state index contributed by atoms with van der Waals surface area (Å²) in [6.07, 6.45) is 19.9. The van der Waals surface area contributed by atoms with Gasteiger partial charge >= 0.3 is 0 Å². The number of nitrogens with zero attached hydrogens (tertiary/aromatic N) is 1. The summed E-state index contributed by atoms with van der Waals surface area (Å²) in [7, 11) is 0. The Morgan fingerprint density at radius 3 is 2.69 bits per heavy atom. The topological polar surface area (TPSA) is 12.9 Å². The van der Waals surface area contributed by atoms with Gasteiger partial charge in [-0.1, -0.05) is 43.2 Å². The highest BCUT2D eigenvalue weighted by Crippen LogP contribution is 2.66. The van der Waals surface area contributed by atoms with E-state index >= 15 is 0 Å². The number of hydrogen-bond donors (Lipinski definition) is 0. The first-order valence-corrected chi connectivity index (χ1v) is 11.9. The van der Waals surface area contributed by atoms with Crippen molar-refractivity contribution in [3.63, 3.8) is 0 Å². The predicted octanol–water partition coefficient (Wildman–Crippen LogP) is 7.62. The molecule has 1 aromatic rings. The van der Waals surface area contributed by atoms with Crippen LogP contribution in [0.4, 0.5) is 0 Å². The Bertz CT molecular complexity index is 862. The molecule has 0 spiro atoms. The first kappa shape index (κ1) is 19.3. The van der Waals surface area contributed by atoms with E-state index in [0.29, 0.717) is 10.8 Å². The van der Waals surface area contributed by atoms with Crippen LogP contribution in [-0.4, -0.2) is 4.98 Å². The number of rotatable bonds is 3. The van der Waals surface area contributed by atoms with Crippen molar-refractivity contribution in [3.05, 3.63) is 60.0 Å². The van der Waals surface area contributed by atoms with Gasteiger partial charge in [0.15, 0.2) is 0 Å². The van der Waals surface area contributed by atoms with E-state index < -0.39 is 0 Å². The van der Waals surface area contributed by atoms with Crippen LogP contribution in [0.5, 0.6) is 0 Å². The minimum Gasteiger partial charge on any atom is -0.264 e. The van der Waals surface area contributed by atoms with Gasteiger partial charge < -0.3 is 0 Å². The largest absolute Gasteiger partial charge is 0.264 e. The van der Waals surface area contributed by atoms with Gasteiger partial charge in [-0.05, 0) is 110 Å². The van der Waals surface area contributed by atoms with Gasteiger partial charge in [0.05, 0.1) is 0 Å². The summed E-state index contributed by atoms with van der Waals surface area (Å²) in [5, 5.41) is 0. The first-order chi connectivity index (χ1) is 13.9. The van der Waals surface area contributed by atoms with Crippen molar-refractivity contribution in [2.24, 2.45) is 34.5 Å². The van der Waals surface area contributed by atoms with Crippen LogP contribution in [0.3, 0.4) is 0 Å². The maximum Gasteiger partial charge on any atom is 0.0343 e. The van der Waals surface area contributed by atoms with Crippen LogP contribution in [-0.2, 0) is 0 Å². The highest BCUT2D eigenvalue weighted by molar-refractivity contribution is 5.72. The van der Waals surface area contributed by atoms with Crippen molar-refractivity contribution in [2.45, 2.75) is 72.1 Å². The average Bonchev–Trinajstić information content (AvgIpc) is 3.06. The molecule has 2 saturated carbocycles. The molecule has 0 bridgehead atoms. The maximum absolute atomic E-state index is 4.42. The molecule has 4 aliphatic rings. The molecule has 29 heavy (non-hydrogen) atoms. The van der Waals surface area contributed by atoms with E-state index in [1.165, 1.54) is 62.5 Å². The molecule has 1 heterocycles. The summed E-state index contributed by atoms with van der Waals surface area (Å²) >= 11 is 0. The Kier molecular flexibility index (Phi) is 4.64. The first-order valence-electron chi connectivity index (χ1n) is 11.9. The summed E-state index contributed by atoms with van der Waals surface area (Å²) < 4.78 is 0. The van der Waals surface area contributed by atoms with E-state index in [1.54, 1.807) is 11.1 Å². The molecular formula is C28H37N. The Hall–Kier alpha value is -1.63. The number of allylic oxidation sites excluding steroid dienone is 5. The molecule has 6 unspecified atom stereocenters. The van der Waals surface area contributed by atoms with Crippen molar-refractivity contribution >= 4 is 5.57 Å². The molecule has 0 saturated heterocycles. The van der Waals surface area contributed by atoms with Gasteiger partial charge in [-0.15, -0.1) is 6.58 Å². The van der Waals surface area contributed by atoms with Crippen LogP contribution >= 0.6 is 0 Å². The number of aromatic nitrogens is 1. The van der Waals surface area contributed by atoms with Gasteiger partial charge in [-0.25, -0.2) is 0 Å². The SMILES string of the molecule is C=C(C)CC1CCC2(C)C(=CCC3C2CCC2(C)C(c4cccnc4)=CCC32)C1. The fraction of sp³-hybridized carbons (Fsp3) is 0.607. The van der Waals surface area contributed by atoms with Crippen molar-refractivity contribution < 1.29 is 0 Å². The molecule has 0 N–H and O–H groups in total. The fourth-order valence-electron chi connectivity index (χ4n) is 7.94. The van der Waals surface area contributed by atoms with Crippen LogP contribution in [0.25, 0.3) is 5.57 Å². The van der Waals surface area contributed by atoms with E-state index in [2.05, 4.69) is 62.8 Å². The van der Waals surface area contributed by atoms with Gasteiger partial charge in [0.25, 0.3) is 0 Å². The van der Waals surface area contributed by atoms with Crippen LogP contribution in [0.15, 0.2) is 54.4 Å². The number of fused-ring (bicyclic) bond motifs is 5. The molecule has 1 aromatic heterocycles. The lowest BCUT2D eigenvalue weighted by Gasteiger charge is -2.58. The zero-order valence-electron chi connectivity index (χ0n) is 18.6. The minimum atomic E-state index is 0.336. The summed E-state index contributed by atoms with van der Waals surface area (Å²) in [6, 6.07) is 4.36. The Labute approximate surface area is 177 Å². The van der Waals surface area contributed by atoms with Gasteiger partial charge in [0.1, 0.15) is 0 Å². The van der Waals surface area contributed by atoms with Gasteiger partial charge in [-0.3, -0.25) is 4.98 Å². The average molecular weight is 388 g/mol. The third kappa shape index (κ3) is 2.99. The molecule has 1 nitrogen and oxygen atoms in total. The molecular weight excluding hydrogens is 350 g/mol. The van der Waals surface area contributed by atoms with Crippen molar-refractivity contribution in [3.8, 4) is 0 Å². The number of hydrogen-bond acceptors (Lipinski definition) is 1. The summed E-state index contributed by atoms with van der Waals surface area (Å²) in [5.74, 6) is 3.38. The predicted molar refractivity (Wildman–Crippen MR) is 122 cm³/mol. The molecule has 0 radical (unpaired) electrons. The monoisotopic (exact) mass is 387 g/mol. The second-order valence-corrected chi connectivity index (χ2v) is 11.1. The molecule has 0 aromatic carbocycles. The van der Waals surface area contributed by atoms with Crippen LogP contribution < -0.4 is 0 Å². The molecule has 6 atom stereocenters. The van der Waals surface area contributed by atoms with E-state index in [-0.39, 0.29) is 0 Å². The minimum absolute atomic E-state index is 0.336. The Morgan fingerprint density at radius 2 is 1.93 bits per heavy atom. The summed E-state index contributed by atoms with van der Waals surface area (Å²) in [4.78, 5) is 4.42. The molecule has 154 valence electrons. The highest BCUT2D eigenvalue weighted by Gasteiger charge is 2.56. The molecule has 1 heteroatoms. The van der Waals surface area contributed by atoms with Gasteiger partial charge in [-0.2, -0.15) is 0 Å². The van der Waals surface area contributed by atoms with E-state index in [0.717, 1.165) is 23.7 Å². The van der Waals surface area contributed by atoms with Crippen molar-refractivity contribution in [1.82, 2.24) is 4.98 Å². The van der Waals surface area contributed by atoms with Gasteiger partial charge in [0.2, 0.25) is 0 Å². The van der Waals surface area contributed by atoms with Crippen LogP contribution in [0.2, 0.25) is 0 Å². The van der Waals surface area contributed by atoms with E-state index in [4.69, 9.17) is 0 Å². The van der Waals surface area contributed by atoms with Gasteiger partial charge in [0, 0.05) is 12.4 Å². The summed E-state index contributed by atoms with van der Waals surface area (Å²) in [6.45, 7) is 11.6. The highest BCUT2D eigenvalue weighted by atomic mass is 14.6. The molecule has 5 rings (SSSR count). The lowest BCUT2D eigenvalue weighted by Crippen LogP contribution is -2.49. The Morgan fingerprint density at radius 1 is 1.10 bits per heavy atom. The fourth-order valence-corrected chi connectivity index (χ4v) is 7.94. The smallest absolute Gasteiger partial charge is 0.0343 e. The third-order valence-corrected chi connectivity index (χ3v) is 9.40. The van der Waals surface area contributed by atoms with E-state index in [1.807, 2.05) is 6.20 Å². The second kappa shape index (κ2) is 6.96. The lowest BCUT2D eigenvalue weighted by atomic mass is 9.46. The lowest BCUT2D eigenvalue weighted by molar-refractivity contribution is -0.0145. The summed E-state index contributed by atoms with van der Waals surface area (Å²) in [5.41, 5.74) is 6.89. The third-order valence-electron chi connectivity index (χ3n) is 9.40. The maximum atomic E-state index is 4.42. The van der Waals surface area contributed by atoms with Crippen molar-refractivity contribution in [2.75, 3.05) is 0 Å². The molecule has 0 amide bonds. The number of pyridine rings is 1. The molecule has 0 aliphatic heterocycles. The zero-order valence-corrected chi connectivity index (χ0v) is 18.6. The van der Waals surface area contributed by atoms with E-state index in [9.17, 15) is 0 Å². The molecule has 2 fully saturated rings.